The van der Waals surface area contributed by atoms with Crippen LogP contribution in [-0.4, -0.2) is 34.0 Å². The lowest BCUT2D eigenvalue weighted by Crippen LogP contribution is -2.26. The molecule has 0 aliphatic heterocycles. The summed E-state index contributed by atoms with van der Waals surface area (Å²) in [4.78, 5) is 0.157. The molecule has 124 valence electrons. The summed E-state index contributed by atoms with van der Waals surface area (Å²) in [6, 6.07) is 12.1. The number of rotatable bonds is 6. The second-order valence-corrected chi connectivity index (χ2v) is 7.77. The van der Waals surface area contributed by atoms with Crippen molar-refractivity contribution in [2.45, 2.75) is 11.4 Å². The lowest BCUT2D eigenvalue weighted by molar-refractivity contribution is 0.353. The lowest BCUT2D eigenvalue weighted by atomic mass is 10.2. The van der Waals surface area contributed by atoms with Gasteiger partial charge in [-0.25, -0.2) is 8.42 Å². The zero-order valence-corrected chi connectivity index (χ0v) is 15.5. The molecular weight excluding hydrogens is 382 g/mol. The van der Waals surface area contributed by atoms with Gasteiger partial charge >= 0.3 is 0 Å². The smallest absolute Gasteiger partial charge is 0.243 e. The first-order valence-electron chi connectivity index (χ1n) is 6.82. The molecule has 23 heavy (non-hydrogen) atoms. The molecule has 0 aliphatic rings. The molecule has 0 bridgehead atoms. The third-order valence-electron chi connectivity index (χ3n) is 3.41. The van der Waals surface area contributed by atoms with E-state index in [1.807, 2.05) is 24.3 Å². The Morgan fingerprint density at radius 3 is 2.30 bits per heavy atom. The maximum Gasteiger partial charge on any atom is 0.243 e. The molecule has 2 aromatic carbocycles. The predicted molar refractivity (Wildman–Crippen MR) is 92.3 cm³/mol. The van der Waals surface area contributed by atoms with Crippen LogP contribution in [0.15, 0.2) is 51.8 Å². The standard InChI is InChI=1S/C16H18BrNO4S/c1-18(11-12-6-4-5-7-14(12)17)23(19,20)13-8-9-15(21-2)16(10-13)22-3/h4-10H,11H2,1-3H3. The van der Waals surface area contributed by atoms with Crippen LogP contribution in [0.3, 0.4) is 0 Å². The zero-order chi connectivity index (χ0) is 17.0. The molecular formula is C16H18BrNO4S. The van der Waals surface area contributed by atoms with Gasteiger partial charge in [-0.3, -0.25) is 0 Å². The Morgan fingerprint density at radius 2 is 1.70 bits per heavy atom. The van der Waals surface area contributed by atoms with Crippen LogP contribution in [0.1, 0.15) is 5.56 Å². The Hall–Kier alpha value is -1.57. The Bertz CT molecular complexity index is 792. The number of nitrogens with zero attached hydrogens (tertiary/aromatic N) is 1. The quantitative estimate of drug-likeness (QED) is 0.747. The Morgan fingerprint density at radius 1 is 1.04 bits per heavy atom. The molecule has 5 nitrogen and oxygen atoms in total. The van der Waals surface area contributed by atoms with Gasteiger partial charge in [-0.15, -0.1) is 0 Å². The molecule has 7 heteroatoms. The topological polar surface area (TPSA) is 55.8 Å². The SMILES string of the molecule is COc1ccc(S(=O)(=O)N(C)Cc2ccccc2Br)cc1OC. The van der Waals surface area contributed by atoms with Crippen LogP contribution < -0.4 is 9.47 Å². The summed E-state index contributed by atoms with van der Waals surface area (Å²) in [5.74, 6) is 0.864. The van der Waals surface area contributed by atoms with Crippen molar-refractivity contribution < 1.29 is 17.9 Å². The molecule has 0 saturated heterocycles. The second-order valence-electron chi connectivity index (χ2n) is 4.87. The number of hydrogen-bond donors (Lipinski definition) is 0. The highest BCUT2D eigenvalue weighted by Crippen LogP contribution is 2.31. The Balaban J connectivity index is 2.32. The number of sulfonamides is 1. The van der Waals surface area contributed by atoms with E-state index in [0.29, 0.717) is 11.5 Å². The van der Waals surface area contributed by atoms with Gasteiger partial charge in [0.15, 0.2) is 11.5 Å². The number of ether oxygens (including phenoxy) is 2. The van der Waals surface area contributed by atoms with E-state index >= 15 is 0 Å². The van der Waals surface area contributed by atoms with Crippen molar-refractivity contribution in [3.8, 4) is 11.5 Å². The van der Waals surface area contributed by atoms with Gasteiger partial charge in [-0.1, -0.05) is 34.1 Å². The average molecular weight is 400 g/mol. The molecule has 0 heterocycles. The van der Waals surface area contributed by atoms with Crippen LogP contribution in [0, 0.1) is 0 Å². The van der Waals surface area contributed by atoms with E-state index in [1.54, 1.807) is 13.1 Å². The van der Waals surface area contributed by atoms with Gasteiger partial charge in [-0.05, 0) is 23.8 Å². The summed E-state index contributed by atoms with van der Waals surface area (Å²) in [6.45, 7) is 0.262. The summed E-state index contributed by atoms with van der Waals surface area (Å²) in [6.07, 6.45) is 0. The summed E-state index contributed by atoms with van der Waals surface area (Å²) in [7, 11) is 0.889. The highest BCUT2D eigenvalue weighted by Gasteiger charge is 2.23. The van der Waals surface area contributed by atoms with Crippen LogP contribution >= 0.6 is 15.9 Å². The van der Waals surface area contributed by atoms with Crippen molar-refractivity contribution in [3.63, 3.8) is 0 Å². The maximum absolute atomic E-state index is 12.7. The van der Waals surface area contributed by atoms with Gasteiger partial charge in [0, 0.05) is 24.1 Å². The largest absolute Gasteiger partial charge is 0.493 e. The van der Waals surface area contributed by atoms with Gasteiger partial charge in [0.1, 0.15) is 0 Å². The van der Waals surface area contributed by atoms with Crippen LogP contribution in [0.4, 0.5) is 0 Å². The van der Waals surface area contributed by atoms with E-state index in [2.05, 4.69) is 15.9 Å². The third-order valence-corrected chi connectivity index (χ3v) is 5.99. The summed E-state index contributed by atoms with van der Waals surface area (Å²) in [5.41, 5.74) is 0.888. The van der Waals surface area contributed by atoms with Crippen molar-refractivity contribution in [1.82, 2.24) is 4.31 Å². The van der Waals surface area contributed by atoms with E-state index in [-0.39, 0.29) is 11.4 Å². The van der Waals surface area contributed by atoms with Crippen molar-refractivity contribution >= 4 is 26.0 Å². The van der Waals surface area contributed by atoms with E-state index in [4.69, 9.17) is 9.47 Å². The minimum Gasteiger partial charge on any atom is -0.493 e. The second kappa shape index (κ2) is 7.33. The van der Waals surface area contributed by atoms with Gasteiger partial charge < -0.3 is 9.47 Å². The Labute approximate surface area is 145 Å². The number of benzene rings is 2. The van der Waals surface area contributed by atoms with Crippen LogP contribution in [0.5, 0.6) is 11.5 Å². The first-order valence-corrected chi connectivity index (χ1v) is 9.05. The number of hydrogen-bond acceptors (Lipinski definition) is 4. The highest BCUT2D eigenvalue weighted by molar-refractivity contribution is 9.10. The fourth-order valence-corrected chi connectivity index (χ4v) is 3.68. The molecule has 0 N–H and O–H groups in total. The Kier molecular flexibility index (Phi) is 5.67. The summed E-state index contributed by atoms with van der Waals surface area (Å²) < 4.78 is 37.9. The predicted octanol–water partition coefficient (Wildman–Crippen LogP) is 3.29. The van der Waals surface area contributed by atoms with Crippen LogP contribution in [0.2, 0.25) is 0 Å². The average Bonchev–Trinajstić information content (AvgIpc) is 2.56. The molecule has 2 aromatic rings. The van der Waals surface area contributed by atoms with Crippen LogP contribution in [-0.2, 0) is 16.6 Å². The van der Waals surface area contributed by atoms with Gasteiger partial charge in [0.25, 0.3) is 0 Å². The number of methoxy groups -OCH3 is 2. The molecule has 2 rings (SSSR count). The van der Waals surface area contributed by atoms with Crippen molar-refractivity contribution in [1.29, 1.82) is 0 Å². The first-order chi connectivity index (χ1) is 10.9. The fraction of sp³-hybridized carbons (Fsp3) is 0.250. The normalized spacial score (nSPS) is 11.5. The van der Waals surface area contributed by atoms with Crippen molar-refractivity contribution in [3.05, 3.63) is 52.5 Å². The van der Waals surface area contributed by atoms with E-state index in [0.717, 1.165) is 10.0 Å². The third kappa shape index (κ3) is 3.85. The molecule has 0 fully saturated rings. The summed E-state index contributed by atoms with van der Waals surface area (Å²) in [5, 5.41) is 0. The minimum absolute atomic E-state index is 0.157. The summed E-state index contributed by atoms with van der Waals surface area (Å²) >= 11 is 3.43. The maximum atomic E-state index is 12.7. The zero-order valence-electron chi connectivity index (χ0n) is 13.1. The first kappa shape index (κ1) is 17.8. The molecule has 0 aromatic heterocycles. The van der Waals surface area contributed by atoms with E-state index in [9.17, 15) is 8.42 Å². The molecule has 0 saturated carbocycles. The molecule has 0 amide bonds. The molecule has 0 spiro atoms. The molecule has 0 aliphatic carbocycles. The fourth-order valence-electron chi connectivity index (χ4n) is 2.11. The highest BCUT2D eigenvalue weighted by atomic mass is 79.9. The van der Waals surface area contributed by atoms with Crippen LogP contribution in [0.25, 0.3) is 0 Å². The van der Waals surface area contributed by atoms with Crippen molar-refractivity contribution in [2.24, 2.45) is 0 Å². The van der Waals surface area contributed by atoms with Gasteiger partial charge in [0.05, 0.1) is 19.1 Å². The number of halogens is 1. The van der Waals surface area contributed by atoms with Gasteiger partial charge in [0.2, 0.25) is 10.0 Å². The minimum atomic E-state index is -3.63. The lowest BCUT2D eigenvalue weighted by Gasteiger charge is -2.19. The molecule has 0 atom stereocenters. The van der Waals surface area contributed by atoms with E-state index < -0.39 is 10.0 Å². The molecule has 0 radical (unpaired) electrons. The van der Waals surface area contributed by atoms with E-state index in [1.165, 1.54) is 30.7 Å². The molecule has 0 unspecified atom stereocenters. The van der Waals surface area contributed by atoms with Gasteiger partial charge in [-0.2, -0.15) is 4.31 Å². The van der Waals surface area contributed by atoms with Crippen molar-refractivity contribution in [2.75, 3.05) is 21.3 Å². The monoisotopic (exact) mass is 399 g/mol.